The van der Waals surface area contributed by atoms with Crippen LogP contribution in [0.4, 0.5) is 0 Å². The molecule has 0 aliphatic rings. The number of rotatable bonds is 6. The lowest BCUT2D eigenvalue weighted by Gasteiger charge is -2.17. The minimum absolute atomic E-state index is 0.0568. The largest absolute Gasteiger partial charge is 0.353 e. The number of thioether (sulfide) groups is 1. The molecule has 1 atom stereocenters. The van der Waals surface area contributed by atoms with Gasteiger partial charge >= 0.3 is 0 Å². The number of benzene rings is 2. The van der Waals surface area contributed by atoms with Crippen LogP contribution in [-0.4, -0.2) is 36.9 Å². The van der Waals surface area contributed by atoms with E-state index in [0.717, 1.165) is 0 Å². The van der Waals surface area contributed by atoms with Crippen LogP contribution in [0.15, 0.2) is 64.5 Å². The fourth-order valence-corrected chi connectivity index (χ4v) is 3.93. The van der Waals surface area contributed by atoms with Crippen LogP contribution in [0.3, 0.4) is 0 Å². The van der Waals surface area contributed by atoms with Gasteiger partial charge in [0.25, 0.3) is 5.56 Å². The van der Waals surface area contributed by atoms with Crippen LogP contribution < -0.4 is 10.9 Å². The predicted octanol–water partition coefficient (Wildman–Crippen LogP) is 3.29. The molecule has 0 spiro atoms. The molecule has 0 aliphatic heterocycles. The van der Waals surface area contributed by atoms with Crippen LogP contribution in [0.5, 0.6) is 0 Å². The van der Waals surface area contributed by atoms with Crippen molar-refractivity contribution in [2.45, 2.75) is 32.0 Å². The Morgan fingerprint density at radius 1 is 1.03 bits per heavy atom. The van der Waals surface area contributed by atoms with Gasteiger partial charge in [-0.15, -0.1) is 10.2 Å². The Hall–Kier alpha value is -3.13. The summed E-state index contributed by atoms with van der Waals surface area (Å²) in [5.74, 6) is 0.940. The lowest BCUT2D eigenvalue weighted by atomic mass is 10.1. The standard InChI is InChI=1S/C22H23N5O2S/c1-14(2)15(3)23-19(28)13-30-22-25-24-21-26(16-9-5-4-6-10-16)20(29)17-11-7-8-12-18(17)27(21)22/h4-12,14-15H,13H2,1-3H3,(H,23,28)/t15-/m1/s1. The highest BCUT2D eigenvalue weighted by Gasteiger charge is 2.19. The summed E-state index contributed by atoms with van der Waals surface area (Å²) >= 11 is 1.30. The first kappa shape index (κ1) is 20.2. The summed E-state index contributed by atoms with van der Waals surface area (Å²) in [5.41, 5.74) is 1.27. The minimum Gasteiger partial charge on any atom is -0.353 e. The van der Waals surface area contributed by atoms with Gasteiger partial charge < -0.3 is 5.32 Å². The van der Waals surface area contributed by atoms with Crippen molar-refractivity contribution in [1.29, 1.82) is 0 Å². The van der Waals surface area contributed by atoms with Crippen molar-refractivity contribution in [1.82, 2.24) is 24.5 Å². The number of aromatic nitrogens is 4. The third-order valence-electron chi connectivity index (χ3n) is 5.13. The van der Waals surface area contributed by atoms with E-state index < -0.39 is 0 Å². The van der Waals surface area contributed by atoms with E-state index in [4.69, 9.17) is 0 Å². The topological polar surface area (TPSA) is 81.3 Å². The van der Waals surface area contributed by atoms with Crippen molar-refractivity contribution >= 4 is 34.3 Å². The average Bonchev–Trinajstić information content (AvgIpc) is 3.17. The molecular weight excluding hydrogens is 398 g/mol. The molecule has 2 aromatic carbocycles. The second-order valence-corrected chi connectivity index (χ2v) is 8.44. The van der Waals surface area contributed by atoms with E-state index in [2.05, 4.69) is 29.4 Å². The molecule has 0 fully saturated rings. The molecule has 30 heavy (non-hydrogen) atoms. The van der Waals surface area contributed by atoms with Gasteiger partial charge in [0, 0.05) is 6.04 Å². The number of para-hydroxylation sites is 2. The maximum atomic E-state index is 13.2. The van der Waals surface area contributed by atoms with Gasteiger partial charge in [-0.1, -0.05) is 55.9 Å². The van der Waals surface area contributed by atoms with Crippen molar-refractivity contribution in [3.05, 3.63) is 65.0 Å². The molecule has 0 saturated carbocycles. The van der Waals surface area contributed by atoms with Gasteiger partial charge in [-0.25, -0.2) is 4.57 Å². The fourth-order valence-electron chi connectivity index (χ4n) is 3.17. The van der Waals surface area contributed by atoms with Gasteiger partial charge in [0.15, 0.2) is 5.16 Å². The maximum Gasteiger partial charge on any atom is 0.267 e. The lowest BCUT2D eigenvalue weighted by Crippen LogP contribution is -2.37. The van der Waals surface area contributed by atoms with E-state index in [1.807, 2.05) is 59.9 Å². The molecule has 154 valence electrons. The monoisotopic (exact) mass is 421 g/mol. The first-order valence-corrected chi connectivity index (χ1v) is 10.8. The molecule has 4 aromatic rings. The molecule has 0 aliphatic carbocycles. The highest BCUT2D eigenvalue weighted by atomic mass is 32.2. The fraction of sp³-hybridized carbons (Fsp3) is 0.273. The van der Waals surface area contributed by atoms with Gasteiger partial charge in [0.05, 0.1) is 22.3 Å². The molecule has 4 rings (SSSR count). The molecule has 0 radical (unpaired) electrons. The highest BCUT2D eigenvalue weighted by Crippen LogP contribution is 2.23. The zero-order chi connectivity index (χ0) is 21.3. The van der Waals surface area contributed by atoms with Crippen LogP contribution >= 0.6 is 11.8 Å². The van der Waals surface area contributed by atoms with E-state index in [1.54, 1.807) is 10.6 Å². The Labute approximate surface area is 178 Å². The number of carbonyl (C=O) groups excluding carboxylic acids is 1. The third-order valence-corrected chi connectivity index (χ3v) is 6.06. The molecule has 2 aromatic heterocycles. The zero-order valence-electron chi connectivity index (χ0n) is 17.1. The number of carbonyl (C=O) groups is 1. The summed E-state index contributed by atoms with van der Waals surface area (Å²) in [6.45, 7) is 6.13. The lowest BCUT2D eigenvalue weighted by molar-refractivity contribution is -0.119. The van der Waals surface area contributed by atoms with E-state index in [9.17, 15) is 9.59 Å². The van der Waals surface area contributed by atoms with Crippen LogP contribution in [-0.2, 0) is 4.79 Å². The SMILES string of the molecule is CC(C)[C@@H](C)NC(=O)CSc1nnc2n(-c3ccccc3)c(=O)c3ccccc3n12. The minimum atomic E-state index is -0.156. The maximum absolute atomic E-state index is 13.2. The summed E-state index contributed by atoms with van der Waals surface area (Å²) < 4.78 is 3.40. The summed E-state index contributed by atoms with van der Waals surface area (Å²) in [7, 11) is 0. The van der Waals surface area contributed by atoms with Crippen molar-refractivity contribution in [2.24, 2.45) is 5.92 Å². The summed E-state index contributed by atoms with van der Waals surface area (Å²) in [4.78, 5) is 25.6. The van der Waals surface area contributed by atoms with Gasteiger partial charge in [-0.3, -0.25) is 14.0 Å². The van der Waals surface area contributed by atoms with Crippen molar-refractivity contribution in [2.75, 3.05) is 5.75 Å². The number of nitrogens with one attached hydrogen (secondary N) is 1. The molecule has 2 heterocycles. The molecule has 7 nitrogen and oxygen atoms in total. The van der Waals surface area contributed by atoms with Crippen molar-refractivity contribution < 1.29 is 4.79 Å². The Morgan fingerprint density at radius 2 is 1.73 bits per heavy atom. The summed E-state index contributed by atoms with van der Waals surface area (Å²) in [5, 5.41) is 12.7. The molecule has 8 heteroatoms. The van der Waals surface area contributed by atoms with Gasteiger partial charge in [0.1, 0.15) is 0 Å². The summed E-state index contributed by atoms with van der Waals surface area (Å²) in [6.07, 6.45) is 0. The number of hydrogen-bond acceptors (Lipinski definition) is 5. The van der Waals surface area contributed by atoms with E-state index >= 15 is 0 Å². The number of hydrogen-bond donors (Lipinski definition) is 1. The molecular formula is C22H23N5O2S. The normalized spacial score (nSPS) is 12.5. The number of amides is 1. The van der Waals surface area contributed by atoms with E-state index in [1.165, 1.54) is 11.8 Å². The van der Waals surface area contributed by atoms with Crippen molar-refractivity contribution in [3.63, 3.8) is 0 Å². The quantitative estimate of drug-likeness (QED) is 0.483. The van der Waals surface area contributed by atoms with Crippen LogP contribution in [0.25, 0.3) is 22.4 Å². The van der Waals surface area contributed by atoms with E-state index in [-0.39, 0.29) is 23.3 Å². The number of fused-ring (bicyclic) bond motifs is 3. The molecule has 0 bridgehead atoms. The smallest absolute Gasteiger partial charge is 0.267 e. The average molecular weight is 422 g/mol. The summed E-state index contributed by atoms with van der Waals surface area (Å²) in [6, 6.07) is 16.8. The number of nitrogens with zero attached hydrogens (tertiary/aromatic N) is 4. The Bertz CT molecular complexity index is 1260. The van der Waals surface area contributed by atoms with Gasteiger partial charge in [-0.2, -0.15) is 0 Å². The van der Waals surface area contributed by atoms with Crippen LogP contribution in [0.1, 0.15) is 20.8 Å². The second-order valence-electron chi connectivity index (χ2n) is 7.50. The van der Waals surface area contributed by atoms with Crippen LogP contribution in [0, 0.1) is 5.92 Å². The molecule has 0 saturated heterocycles. The van der Waals surface area contributed by atoms with Crippen LogP contribution in [0.2, 0.25) is 0 Å². The molecule has 1 amide bonds. The van der Waals surface area contributed by atoms with E-state index in [0.29, 0.717) is 33.4 Å². The highest BCUT2D eigenvalue weighted by molar-refractivity contribution is 7.99. The molecule has 1 N–H and O–H groups in total. The second kappa shape index (κ2) is 8.31. The zero-order valence-corrected chi connectivity index (χ0v) is 17.9. The van der Waals surface area contributed by atoms with Gasteiger partial charge in [-0.05, 0) is 37.1 Å². The Balaban J connectivity index is 1.79. The first-order chi connectivity index (χ1) is 14.5. The van der Waals surface area contributed by atoms with Crippen molar-refractivity contribution in [3.8, 4) is 5.69 Å². The molecule has 0 unspecified atom stereocenters. The Morgan fingerprint density at radius 3 is 2.47 bits per heavy atom. The third kappa shape index (κ3) is 3.70. The predicted molar refractivity (Wildman–Crippen MR) is 119 cm³/mol. The first-order valence-electron chi connectivity index (χ1n) is 9.84. The van der Waals surface area contributed by atoms with Gasteiger partial charge in [0.2, 0.25) is 11.7 Å². The Kier molecular flexibility index (Phi) is 5.59.